The zero-order valence-corrected chi connectivity index (χ0v) is 11.7. The summed E-state index contributed by atoms with van der Waals surface area (Å²) >= 11 is 3.48. The van der Waals surface area contributed by atoms with Crippen LogP contribution in [0.1, 0.15) is 11.3 Å². The number of aryl methyl sites for hydroxylation is 2. The number of nitrogens with zero attached hydrogens (tertiary/aromatic N) is 2. The summed E-state index contributed by atoms with van der Waals surface area (Å²) in [5.74, 6) is 0. The van der Waals surface area contributed by atoms with Gasteiger partial charge in [0.05, 0.1) is 12.2 Å². The van der Waals surface area contributed by atoms with Gasteiger partial charge < -0.3 is 5.73 Å². The molecular weight excluding hydrogens is 278 g/mol. The second-order valence-electron chi connectivity index (χ2n) is 4.14. The molecule has 90 valence electrons. The normalized spacial score (nSPS) is 10.8. The first-order valence-electron chi connectivity index (χ1n) is 5.62. The Morgan fingerprint density at radius 2 is 2.06 bits per heavy atom. The highest BCUT2D eigenvalue weighted by Crippen LogP contribution is 2.28. The van der Waals surface area contributed by atoms with Crippen LogP contribution in [0.4, 0.5) is 0 Å². The van der Waals surface area contributed by atoms with Crippen LogP contribution >= 0.6 is 15.9 Å². The Bertz CT molecular complexity index is 531. The standard InChI is InChI=1S/C13H16BrN3/c1-9-7-11(14)3-4-12(9)13-8-17(6-5-15)16-10(13)2/h3-4,7-8H,5-6,15H2,1-2H3. The lowest BCUT2D eigenvalue weighted by atomic mass is 10.0. The Hall–Kier alpha value is -1.13. The van der Waals surface area contributed by atoms with E-state index in [4.69, 9.17) is 5.73 Å². The quantitative estimate of drug-likeness (QED) is 0.946. The molecule has 1 aromatic carbocycles. The first kappa shape index (κ1) is 12.3. The predicted molar refractivity (Wildman–Crippen MR) is 73.9 cm³/mol. The summed E-state index contributed by atoms with van der Waals surface area (Å²) in [5, 5.41) is 4.47. The zero-order valence-electron chi connectivity index (χ0n) is 10.1. The third-order valence-corrected chi connectivity index (χ3v) is 3.28. The molecule has 0 amide bonds. The van der Waals surface area contributed by atoms with Crippen LogP contribution in [0.25, 0.3) is 11.1 Å². The lowest BCUT2D eigenvalue weighted by molar-refractivity contribution is 0.620. The van der Waals surface area contributed by atoms with Gasteiger partial charge in [-0.3, -0.25) is 4.68 Å². The van der Waals surface area contributed by atoms with Gasteiger partial charge in [-0.1, -0.05) is 22.0 Å². The fourth-order valence-corrected chi connectivity index (χ4v) is 2.43. The van der Waals surface area contributed by atoms with Crippen molar-refractivity contribution in [1.29, 1.82) is 0 Å². The van der Waals surface area contributed by atoms with Crippen LogP contribution in [-0.4, -0.2) is 16.3 Å². The second kappa shape index (κ2) is 5.02. The van der Waals surface area contributed by atoms with Crippen molar-refractivity contribution in [3.8, 4) is 11.1 Å². The fraction of sp³-hybridized carbons (Fsp3) is 0.308. The molecule has 0 atom stereocenters. The maximum atomic E-state index is 5.54. The number of halogens is 1. The summed E-state index contributed by atoms with van der Waals surface area (Å²) in [6.07, 6.45) is 2.07. The number of aromatic nitrogens is 2. The van der Waals surface area contributed by atoms with Crippen LogP contribution in [0.5, 0.6) is 0 Å². The molecule has 0 aliphatic rings. The van der Waals surface area contributed by atoms with Gasteiger partial charge in [0, 0.05) is 22.8 Å². The van der Waals surface area contributed by atoms with Crippen LogP contribution < -0.4 is 5.73 Å². The largest absolute Gasteiger partial charge is 0.329 e. The summed E-state index contributed by atoms with van der Waals surface area (Å²) in [6, 6.07) is 6.30. The van der Waals surface area contributed by atoms with Crippen molar-refractivity contribution in [3.05, 3.63) is 40.1 Å². The first-order valence-corrected chi connectivity index (χ1v) is 6.41. The van der Waals surface area contributed by atoms with Gasteiger partial charge in [-0.25, -0.2) is 0 Å². The highest BCUT2D eigenvalue weighted by atomic mass is 79.9. The molecule has 0 saturated carbocycles. The van der Waals surface area contributed by atoms with Crippen LogP contribution in [-0.2, 0) is 6.54 Å². The zero-order chi connectivity index (χ0) is 12.4. The Balaban J connectivity index is 2.45. The molecular formula is C13H16BrN3. The minimum Gasteiger partial charge on any atom is -0.329 e. The van der Waals surface area contributed by atoms with Gasteiger partial charge in [0.1, 0.15) is 0 Å². The van der Waals surface area contributed by atoms with E-state index in [2.05, 4.69) is 52.3 Å². The van der Waals surface area contributed by atoms with Gasteiger partial charge in [-0.2, -0.15) is 5.10 Å². The van der Waals surface area contributed by atoms with E-state index in [-0.39, 0.29) is 0 Å². The molecule has 2 aromatic rings. The smallest absolute Gasteiger partial charge is 0.0672 e. The number of hydrogen-bond donors (Lipinski definition) is 1. The van der Waals surface area contributed by atoms with E-state index in [0.717, 1.165) is 16.7 Å². The summed E-state index contributed by atoms with van der Waals surface area (Å²) in [7, 11) is 0. The molecule has 3 nitrogen and oxygen atoms in total. The minimum atomic E-state index is 0.611. The average molecular weight is 294 g/mol. The molecule has 0 aliphatic heterocycles. The van der Waals surface area contributed by atoms with E-state index < -0.39 is 0 Å². The average Bonchev–Trinajstić information content (AvgIpc) is 2.60. The van der Waals surface area contributed by atoms with Crippen LogP contribution in [0.15, 0.2) is 28.9 Å². The van der Waals surface area contributed by atoms with Crippen LogP contribution in [0.3, 0.4) is 0 Å². The predicted octanol–water partition coefficient (Wildman–Crippen LogP) is 2.89. The molecule has 2 rings (SSSR count). The molecule has 17 heavy (non-hydrogen) atoms. The van der Waals surface area contributed by atoms with Gasteiger partial charge in [0.15, 0.2) is 0 Å². The minimum absolute atomic E-state index is 0.611. The van der Waals surface area contributed by atoms with Gasteiger partial charge in [0.25, 0.3) is 0 Å². The first-order chi connectivity index (χ1) is 8.11. The van der Waals surface area contributed by atoms with Crippen LogP contribution in [0, 0.1) is 13.8 Å². The Morgan fingerprint density at radius 3 is 2.71 bits per heavy atom. The molecule has 0 aliphatic carbocycles. The van der Waals surface area contributed by atoms with Crippen molar-refractivity contribution >= 4 is 15.9 Å². The number of hydrogen-bond acceptors (Lipinski definition) is 2. The molecule has 0 unspecified atom stereocenters. The van der Waals surface area contributed by atoms with Gasteiger partial charge in [0.2, 0.25) is 0 Å². The molecule has 0 saturated heterocycles. The molecule has 0 fully saturated rings. The summed E-state index contributed by atoms with van der Waals surface area (Å²) in [4.78, 5) is 0. The monoisotopic (exact) mass is 293 g/mol. The summed E-state index contributed by atoms with van der Waals surface area (Å²) in [6.45, 7) is 5.51. The fourth-order valence-electron chi connectivity index (χ4n) is 1.96. The Labute approximate surface area is 110 Å². The van der Waals surface area contributed by atoms with Crippen molar-refractivity contribution in [2.45, 2.75) is 20.4 Å². The van der Waals surface area contributed by atoms with E-state index in [1.165, 1.54) is 16.7 Å². The Morgan fingerprint density at radius 1 is 1.29 bits per heavy atom. The maximum Gasteiger partial charge on any atom is 0.0672 e. The highest BCUT2D eigenvalue weighted by molar-refractivity contribution is 9.10. The molecule has 0 spiro atoms. The molecule has 0 radical (unpaired) electrons. The second-order valence-corrected chi connectivity index (χ2v) is 5.05. The lowest BCUT2D eigenvalue weighted by Crippen LogP contribution is -2.10. The summed E-state index contributed by atoms with van der Waals surface area (Å²) < 4.78 is 3.01. The third kappa shape index (κ3) is 2.58. The van der Waals surface area contributed by atoms with E-state index in [1.54, 1.807) is 0 Å². The van der Waals surface area contributed by atoms with E-state index in [1.807, 2.05) is 11.6 Å². The van der Waals surface area contributed by atoms with E-state index >= 15 is 0 Å². The van der Waals surface area contributed by atoms with E-state index in [9.17, 15) is 0 Å². The highest BCUT2D eigenvalue weighted by Gasteiger charge is 2.09. The van der Waals surface area contributed by atoms with Crippen LogP contribution in [0.2, 0.25) is 0 Å². The Kier molecular flexibility index (Phi) is 3.64. The summed E-state index contributed by atoms with van der Waals surface area (Å²) in [5.41, 5.74) is 10.2. The number of rotatable bonds is 3. The van der Waals surface area contributed by atoms with Crippen molar-refractivity contribution in [2.75, 3.05) is 6.54 Å². The maximum absolute atomic E-state index is 5.54. The molecule has 1 aromatic heterocycles. The number of benzene rings is 1. The van der Waals surface area contributed by atoms with Gasteiger partial charge in [-0.15, -0.1) is 0 Å². The number of nitrogens with two attached hydrogens (primary N) is 1. The van der Waals surface area contributed by atoms with Crippen molar-refractivity contribution in [2.24, 2.45) is 5.73 Å². The molecule has 0 bridgehead atoms. The van der Waals surface area contributed by atoms with E-state index in [0.29, 0.717) is 6.54 Å². The third-order valence-electron chi connectivity index (χ3n) is 2.78. The van der Waals surface area contributed by atoms with Gasteiger partial charge >= 0.3 is 0 Å². The topological polar surface area (TPSA) is 43.8 Å². The molecule has 1 heterocycles. The van der Waals surface area contributed by atoms with Gasteiger partial charge in [-0.05, 0) is 37.1 Å². The van der Waals surface area contributed by atoms with Crippen molar-refractivity contribution in [3.63, 3.8) is 0 Å². The molecule has 2 N–H and O–H groups in total. The SMILES string of the molecule is Cc1cc(Br)ccc1-c1cn(CCN)nc1C. The molecule has 4 heteroatoms. The van der Waals surface area contributed by atoms with Crippen molar-refractivity contribution < 1.29 is 0 Å². The van der Waals surface area contributed by atoms with Crippen molar-refractivity contribution in [1.82, 2.24) is 9.78 Å². The lowest BCUT2D eigenvalue weighted by Gasteiger charge is -2.04.